The minimum atomic E-state index is -0.604. The van der Waals surface area contributed by atoms with Gasteiger partial charge in [-0.15, -0.1) is 0 Å². The van der Waals surface area contributed by atoms with E-state index < -0.39 is 24.4 Å². The minimum Gasteiger partial charge on any atom is -0.452 e. The van der Waals surface area contributed by atoms with Crippen LogP contribution in [0, 0.1) is 0 Å². The fourth-order valence-electron chi connectivity index (χ4n) is 1.34. The van der Waals surface area contributed by atoms with Gasteiger partial charge in [0.1, 0.15) is 0 Å². The van der Waals surface area contributed by atoms with Gasteiger partial charge in [0.2, 0.25) is 5.91 Å². The Morgan fingerprint density at radius 3 is 2.43 bits per heavy atom. The first-order valence-corrected chi connectivity index (χ1v) is 6.18. The van der Waals surface area contributed by atoms with Crippen LogP contribution in [0.1, 0.15) is 17.3 Å². The van der Waals surface area contributed by atoms with E-state index in [2.05, 4.69) is 5.32 Å². The molecular weight excluding hydrogens is 272 g/mol. The molecule has 0 spiro atoms. The molecule has 0 saturated carbocycles. The van der Waals surface area contributed by atoms with Crippen molar-refractivity contribution < 1.29 is 19.1 Å². The number of rotatable bonds is 6. The summed E-state index contributed by atoms with van der Waals surface area (Å²) in [4.78, 5) is 33.7. The molecule has 110 valence electrons. The minimum absolute atomic E-state index is 0.341. The quantitative estimate of drug-likeness (QED) is 0.469. The number of benzene rings is 1. The molecule has 0 atom stereocenters. The van der Waals surface area contributed by atoms with Crippen LogP contribution >= 0.6 is 0 Å². The lowest BCUT2D eigenvalue weighted by atomic mass is 10.2. The van der Waals surface area contributed by atoms with Crippen molar-refractivity contribution in [1.29, 1.82) is 0 Å². The van der Waals surface area contributed by atoms with E-state index in [1.165, 1.54) is 36.4 Å². The fraction of sp³-hybridized carbons (Fsp3) is 0.133. The predicted molar refractivity (Wildman–Crippen MR) is 78.5 cm³/mol. The zero-order valence-electron chi connectivity index (χ0n) is 11.5. The number of hydrogen-bond donors (Lipinski definition) is 2. The van der Waals surface area contributed by atoms with Gasteiger partial charge in [-0.05, 0) is 31.2 Å². The molecule has 3 N–H and O–H groups in total. The lowest BCUT2D eigenvalue weighted by Crippen LogP contribution is -2.20. The number of allylic oxidation sites excluding steroid dienone is 3. The summed E-state index contributed by atoms with van der Waals surface area (Å²) in [5, 5.41) is 2.52. The summed E-state index contributed by atoms with van der Waals surface area (Å²) in [6.45, 7) is 1.42. The molecule has 0 saturated heterocycles. The summed E-state index contributed by atoms with van der Waals surface area (Å²) in [6, 6.07) is 6.05. The number of primary amides is 1. The molecule has 0 heterocycles. The number of nitrogens with one attached hydrogen (secondary N) is 1. The highest BCUT2D eigenvalue weighted by atomic mass is 16.5. The Hall–Kier alpha value is -2.89. The van der Waals surface area contributed by atoms with Gasteiger partial charge in [-0.1, -0.05) is 18.2 Å². The Bertz CT molecular complexity index is 574. The molecular formula is C15H16N2O4. The zero-order valence-corrected chi connectivity index (χ0v) is 11.5. The van der Waals surface area contributed by atoms with E-state index in [0.29, 0.717) is 11.3 Å². The van der Waals surface area contributed by atoms with Crippen molar-refractivity contribution in [3.63, 3.8) is 0 Å². The molecule has 0 aromatic heterocycles. The van der Waals surface area contributed by atoms with E-state index in [1.807, 2.05) is 6.92 Å². The average Bonchev–Trinajstić information content (AvgIpc) is 2.46. The Morgan fingerprint density at radius 2 is 1.86 bits per heavy atom. The second kappa shape index (κ2) is 8.31. The largest absolute Gasteiger partial charge is 0.452 e. The van der Waals surface area contributed by atoms with Gasteiger partial charge < -0.3 is 15.8 Å². The second-order valence-corrected chi connectivity index (χ2v) is 3.98. The summed E-state index contributed by atoms with van der Waals surface area (Å²) >= 11 is 0. The summed E-state index contributed by atoms with van der Waals surface area (Å²) in [7, 11) is 0. The van der Waals surface area contributed by atoms with Gasteiger partial charge in [0, 0.05) is 17.3 Å². The van der Waals surface area contributed by atoms with Gasteiger partial charge in [0.25, 0.3) is 5.91 Å². The van der Waals surface area contributed by atoms with Crippen molar-refractivity contribution >= 4 is 23.5 Å². The van der Waals surface area contributed by atoms with Crippen molar-refractivity contribution in [2.75, 3.05) is 11.9 Å². The van der Waals surface area contributed by atoms with E-state index in [1.54, 1.807) is 12.2 Å². The normalized spacial score (nSPS) is 10.7. The second-order valence-electron chi connectivity index (χ2n) is 3.98. The lowest BCUT2D eigenvalue weighted by Gasteiger charge is -2.05. The SMILES string of the molecule is C/C=C/C=C/C(=O)OCC(=O)Nc1ccc(C(N)=O)cc1. The molecule has 21 heavy (non-hydrogen) atoms. The molecule has 2 amide bonds. The van der Waals surface area contributed by atoms with E-state index in [-0.39, 0.29) is 0 Å². The number of carbonyl (C=O) groups excluding carboxylic acids is 3. The van der Waals surface area contributed by atoms with Crippen LogP contribution in [0.3, 0.4) is 0 Å². The molecule has 0 fully saturated rings. The highest BCUT2D eigenvalue weighted by Crippen LogP contribution is 2.08. The molecule has 0 unspecified atom stereocenters. The molecule has 6 nitrogen and oxygen atoms in total. The lowest BCUT2D eigenvalue weighted by molar-refractivity contribution is -0.142. The molecule has 6 heteroatoms. The third kappa shape index (κ3) is 6.20. The topological polar surface area (TPSA) is 98.5 Å². The Morgan fingerprint density at radius 1 is 1.19 bits per heavy atom. The van der Waals surface area contributed by atoms with Crippen LogP contribution in [0.4, 0.5) is 5.69 Å². The molecule has 0 aliphatic rings. The van der Waals surface area contributed by atoms with Crippen molar-refractivity contribution in [3.05, 3.63) is 54.1 Å². The van der Waals surface area contributed by atoms with Crippen LogP contribution in [0.25, 0.3) is 0 Å². The molecule has 0 radical (unpaired) electrons. The van der Waals surface area contributed by atoms with Crippen LogP contribution in [-0.4, -0.2) is 24.4 Å². The van der Waals surface area contributed by atoms with E-state index in [0.717, 1.165) is 0 Å². The first kappa shape index (κ1) is 16.2. The monoisotopic (exact) mass is 288 g/mol. The number of hydrogen-bond acceptors (Lipinski definition) is 4. The number of esters is 1. The van der Waals surface area contributed by atoms with Crippen LogP contribution in [-0.2, 0) is 14.3 Å². The Labute approximate surface area is 122 Å². The Balaban J connectivity index is 2.43. The maximum absolute atomic E-state index is 11.5. The molecule has 0 aliphatic carbocycles. The molecule has 0 aliphatic heterocycles. The third-order valence-corrected chi connectivity index (χ3v) is 2.33. The molecule has 1 aromatic rings. The zero-order chi connectivity index (χ0) is 15.7. The summed E-state index contributed by atoms with van der Waals surface area (Å²) < 4.78 is 4.74. The van der Waals surface area contributed by atoms with Crippen molar-refractivity contribution in [2.45, 2.75) is 6.92 Å². The van der Waals surface area contributed by atoms with Gasteiger partial charge in [0.15, 0.2) is 6.61 Å². The maximum atomic E-state index is 11.5. The van der Waals surface area contributed by atoms with Crippen molar-refractivity contribution in [2.24, 2.45) is 5.73 Å². The fourth-order valence-corrected chi connectivity index (χ4v) is 1.34. The average molecular weight is 288 g/mol. The number of ether oxygens (including phenoxy) is 1. The first-order valence-electron chi connectivity index (χ1n) is 6.18. The summed E-state index contributed by atoms with van der Waals surface area (Å²) in [5.74, 6) is -1.63. The van der Waals surface area contributed by atoms with Crippen molar-refractivity contribution in [1.82, 2.24) is 0 Å². The van der Waals surface area contributed by atoms with Crippen LogP contribution in [0.15, 0.2) is 48.6 Å². The van der Waals surface area contributed by atoms with Crippen LogP contribution in [0.5, 0.6) is 0 Å². The Kier molecular flexibility index (Phi) is 6.40. The van der Waals surface area contributed by atoms with Gasteiger partial charge in [0.05, 0.1) is 0 Å². The highest BCUT2D eigenvalue weighted by Gasteiger charge is 2.06. The van der Waals surface area contributed by atoms with Gasteiger partial charge in [-0.25, -0.2) is 4.79 Å². The van der Waals surface area contributed by atoms with Gasteiger partial charge in [-0.3, -0.25) is 9.59 Å². The number of anilines is 1. The standard InChI is InChI=1S/C15H16N2O4/c1-2-3-4-5-14(19)21-10-13(18)17-12-8-6-11(7-9-12)15(16)20/h2-9H,10H2,1H3,(H2,16,20)(H,17,18)/b3-2+,5-4+. The predicted octanol–water partition coefficient (Wildman–Crippen LogP) is 1.40. The molecule has 1 aromatic carbocycles. The number of nitrogens with two attached hydrogens (primary N) is 1. The smallest absolute Gasteiger partial charge is 0.331 e. The summed E-state index contributed by atoms with van der Waals surface area (Å²) in [6.07, 6.45) is 6.16. The van der Waals surface area contributed by atoms with Crippen LogP contribution < -0.4 is 11.1 Å². The van der Waals surface area contributed by atoms with Crippen LogP contribution in [0.2, 0.25) is 0 Å². The van der Waals surface area contributed by atoms with E-state index in [4.69, 9.17) is 10.5 Å². The summed E-state index contributed by atoms with van der Waals surface area (Å²) in [5.41, 5.74) is 5.92. The highest BCUT2D eigenvalue weighted by molar-refractivity contribution is 5.95. The maximum Gasteiger partial charge on any atom is 0.331 e. The number of carbonyl (C=O) groups is 3. The third-order valence-electron chi connectivity index (χ3n) is 2.33. The van der Waals surface area contributed by atoms with E-state index >= 15 is 0 Å². The number of amides is 2. The molecule has 1 rings (SSSR count). The van der Waals surface area contributed by atoms with E-state index in [9.17, 15) is 14.4 Å². The first-order chi connectivity index (χ1) is 10.0. The molecule has 0 bridgehead atoms. The van der Waals surface area contributed by atoms with Crippen molar-refractivity contribution in [3.8, 4) is 0 Å². The van der Waals surface area contributed by atoms with Gasteiger partial charge in [-0.2, -0.15) is 0 Å². The van der Waals surface area contributed by atoms with Gasteiger partial charge >= 0.3 is 5.97 Å².